The molecule has 106 valence electrons. The van der Waals surface area contributed by atoms with Gasteiger partial charge in [-0.1, -0.05) is 37.6 Å². The summed E-state index contributed by atoms with van der Waals surface area (Å²) in [6.45, 7) is 4.56. The van der Waals surface area contributed by atoms with Crippen LogP contribution in [0, 0.1) is 12.8 Å². The standard InChI is InChI=1S/C17H27NS/c1-4-14-9-10-16(18-3)17(11-14)19-12-15-8-6-5-7-13(15)2/h5-8,14,16-18H,4,9-12H2,1-3H3. The number of rotatable bonds is 5. The summed E-state index contributed by atoms with van der Waals surface area (Å²) in [5, 5.41) is 4.31. The van der Waals surface area contributed by atoms with Gasteiger partial charge in [-0.2, -0.15) is 11.8 Å². The van der Waals surface area contributed by atoms with E-state index in [1.165, 1.54) is 36.8 Å². The number of thioether (sulfide) groups is 1. The molecule has 1 fully saturated rings. The molecule has 2 rings (SSSR count). The Bertz CT molecular complexity index is 391. The minimum absolute atomic E-state index is 0.705. The molecule has 0 aliphatic heterocycles. The first-order valence-corrected chi connectivity index (χ1v) is 8.62. The summed E-state index contributed by atoms with van der Waals surface area (Å²) in [5.74, 6) is 2.10. The molecule has 1 aromatic carbocycles. The fourth-order valence-corrected chi connectivity index (χ4v) is 4.70. The van der Waals surface area contributed by atoms with Gasteiger partial charge in [0.05, 0.1) is 0 Å². The van der Waals surface area contributed by atoms with Gasteiger partial charge in [0.2, 0.25) is 0 Å². The molecule has 0 bridgehead atoms. The van der Waals surface area contributed by atoms with Gasteiger partial charge in [0.25, 0.3) is 0 Å². The van der Waals surface area contributed by atoms with Crippen molar-refractivity contribution in [2.75, 3.05) is 7.05 Å². The van der Waals surface area contributed by atoms with Gasteiger partial charge in [-0.25, -0.2) is 0 Å². The van der Waals surface area contributed by atoms with Gasteiger partial charge in [0.1, 0.15) is 0 Å². The van der Waals surface area contributed by atoms with E-state index >= 15 is 0 Å². The van der Waals surface area contributed by atoms with Gasteiger partial charge < -0.3 is 5.32 Å². The third-order valence-electron chi connectivity index (χ3n) is 4.56. The Morgan fingerprint density at radius 2 is 2.05 bits per heavy atom. The summed E-state index contributed by atoms with van der Waals surface area (Å²) in [7, 11) is 2.12. The van der Waals surface area contributed by atoms with E-state index in [2.05, 4.69) is 62.2 Å². The van der Waals surface area contributed by atoms with Gasteiger partial charge in [-0.15, -0.1) is 0 Å². The van der Waals surface area contributed by atoms with Crippen LogP contribution in [0.2, 0.25) is 0 Å². The molecular weight excluding hydrogens is 250 g/mol. The Hall–Kier alpha value is -0.470. The molecule has 1 saturated carbocycles. The summed E-state index contributed by atoms with van der Waals surface area (Å²) in [6, 6.07) is 9.50. The van der Waals surface area contributed by atoms with E-state index in [-0.39, 0.29) is 0 Å². The largest absolute Gasteiger partial charge is 0.316 e. The minimum Gasteiger partial charge on any atom is -0.316 e. The topological polar surface area (TPSA) is 12.0 Å². The smallest absolute Gasteiger partial charge is 0.0207 e. The molecule has 0 radical (unpaired) electrons. The monoisotopic (exact) mass is 277 g/mol. The Balaban J connectivity index is 1.94. The second kappa shape index (κ2) is 7.35. The van der Waals surface area contributed by atoms with Crippen LogP contribution in [-0.4, -0.2) is 18.3 Å². The summed E-state index contributed by atoms with van der Waals surface area (Å²) < 4.78 is 0. The Morgan fingerprint density at radius 1 is 1.26 bits per heavy atom. The van der Waals surface area contributed by atoms with Crippen LogP contribution in [-0.2, 0) is 5.75 Å². The second-order valence-electron chi connectivity index (χ2n) is 5.76. The lowest BCUT2D eigenvalue weighted by Gasteiger charge is -2.35. The highest BCUT2D eigenvalue weighted by molar-refractivity contribution is 7.99. The molecule has 19 heavy (non-hydrogen) atoms. The molecule has 3 unspecified atom stereocenters. The first kappa shape index (κ1) is 14.9. The zero-order chi connectivity index (χ0) is 13.7. The molecule has 0 amide bonds. The molecule has 1 N–H and O–H groups in total. The van der Waals surface area contributed by atoms with Crippen LogP contribution in [0.3, 0.4) is 0 Å². The maximum Gasteiger partial charge on any atom is 0.0207 e. The van der Waals surface area contributed by atoms with Crippen molar-refractivity contribution in [2.45, 2.75) is 56.6 Å². The lowest BCUT2D eigenvalue weighted by Crippen LogP contribution is -2.40. The molecule has 1 nitrogen and oxygen atoms in total. The minimum atomic E-state index is 0.705. The van der Waals surface area contributed by atoms with E-state index in [1.807, 2.05) is 0 Å². The lowest BCUT2D eigenvalue weighted by atomic mass is 9.84. The first-order valence-electron chi connectivity index (χ1n) is 7.58. The highest BCUT2D eigenvalue weighted by Crippen LogP contribution is 2.35. The zero-order valence-electron chi connectivity index (χ0n) is 12.5. The SMILES string of the molecule is CCC1CCC(NC)C(SCc2ccccc2C)C1. The van der Waals surface area contributed by atoms with Gasteiger partial charge >= 0.3 is 0 Å². The number of aryl methyl sites for hydroxylation is 1. The van der Waals surface area contributed by atoms with Crippen LogP contribution < -0.4 is 5.32 Å². The van der Waals surface area contributed by atoms with Crippen LogP contribution in [0.15, 0.2) is 24.3 Å². The van der Waals surface area contributed by atoms with E-state index in [4.69, 9.17) is 0 Å². The van der Waals surface area contributed by atoms with Crippen LogP contribution in [0.5, 0.6) is 0 Å². The molecule has 0 spiro atoms. The molecule has 0 heterocycles. The first-order chi connectivity index (χ1) is 9.24. The van der Waals surface area contributed by atoms with Crippen molar-refractivity contribution in [1.82, 2.24) is 5.32 Å². The van der Waals surface area contributed by atoms with Crippen LogP contribution >= 0.6 is 11.8 Å². The number of hydrogen-bond donors (Lipinski definition) is 1. The highest BCUT2D eigenvalue weighted by atomic mass is 32.2. The third-order valence-corrected chi connectivity index (χ3v) is 5.99. The Kier molecular flexibility index (Phi) is 5.77. The quantitative estimate of drug-likeness (QED) is 0.856. The average molecular weight is 277 g/mol. The van der Waals surface area contributed by atoms with E-state index in [1.54, 1.807) is 0 Å². The fourth-order valence-electron chi connectivity index (χ4n) is 3.07. The predicted octanol–water partition coefficient (Wildman–Crippen LogP) is 4.39. The molecule has 3 atom stereocenters. The van der Waals surface area contributed by atoms with Crippen molar-refractivity contribution >= 4 is 11.8 Å². The van der Waals surface area contributed by atoms with Crippen molar-refractivity contribution in [3.05, 3.63) is 35.4 Å². The lowest BCUT2D eigenvalue weighted by molar-refractivity contribution is 0.304. The summed E-state index contributed by atoms with van der Waals surface area (Å²) >= 11 is 2.15. The van der Waals surface area contributed by atoms with Crippen molar-refractivity contribution in [2.24, 2.45) is 5.92 Å². The number of hydrogen-bond acceptors (Lipinski definition) is 2. The van der Waals surface area contributed by atoms with Crippen LogP contribution in [0.25, 0.3) is 0 Å². The second-order valence-corrected chi connectivity index (χ2v) is 6.99. The summed E-state index contributed by atoms with van der Waals surface area (Å²) in [6.07, 6.45) is 5.49. The van der Waals surface area contributed by atoms with Gasteiger partial charge in [0, 0.05) is 17.0 Å². The third kappa shape index (κ3) is 4.00. The summed E-state index contributed by atoms with van der Waals surface area (Å²) in [4.78, 5) is 0. The van der Waals surface area contributed by atoms with Crippen molar-refractivity contribution in [1.29, 1.82) is 0 Å². The van der Waals surface area contributed by atoms with Gasteiger partial charge in [-0.3, -0.25) is 0 Å². The molecule has 0 saturated heterocycles. The van der Waals surface area contributed by atoms with E-state index in [9.17, 15) is 0 Å². The molecule has 1 aliphatic carbocycles. The zero-order valence-corrected chi connectivity index (χ0v) is 13.3. The average Bonchev–Trinajstić information content (AvgIpc) is 2.46. The molecular formula is C17H27NS. The number of benzene rings is 1. The Labute approximate surface area is 122 Å². The van der Waals surface area contributed by atoms with Crippen LogP contribution in [0.4, 0.5) is 0 Å². The Morgan fingerprint density at radius 3 is 2.74 bits per heavy atom. The van der Waals surface area contributed by atoms with E-state index in [0.29, 0.717) is 6.04 Å². The normalized spacial score (nSPS) is 27.4. The maximum atomic E-state index is 3.53. The van der Waals surface area contributed by atoms with Gasteiger partial charge in [-0.05, 0) is 50.3 Å². The van der Waals surface area contributed by atoms with E-state index in [0.717, 1.165) is 16.9 Å². The summed E-state index contributed by atoms with van der Waals surface area (Å²) in [5.41, 5.74) is 2.93. The predicted molar refractivity (Wildman–Crippen MR) is 86.7 cm³/mol. The van der Waals surface area contributed by atoms with Crippen molar-refractivity contribution in [3.8, 4) is 0 Å². The molecule has 0 aromatic heterocycles. The van der Waals surface area contributed by atoms with Gasteiger partial charge in [0.15, 0.2) is 0 Å². The van der Waals surface area contributed by atoms with Crippen molar-refractivity contribution < 1.29 is 0 Å². The van der Waals surface area contributed by atoms with E-state index < -0.39 is 0 Å². The van der Waals surface area contributed by atoms with Crippen molar-refractivity contribution in [3.63, 3.8) is 0 Å². The van der Waals surface area contributed by atoms with Crippen LogP contribution in [0.1, 0.15) is 43.7 Å². The maximum absolute atomic E-state index is 3.53. The molecule has 1 aliphatic rings. The fraction of sp³-hybridized carbons (Fsp3) is 0.647. The molecule has 2 heteroatoms. The highest BCUT2D eigenvalue weighted by Gasteiger charge is 2.28. The molecule has 1 aromatic rings. The number of nitrogens with one attached hydrogen (secondary N) is 1.